The Labute approximate surface area is 173 Å². The number of fused-ring (bicyclic) bond motifs is 3. The van der Waals surface area contributed by atoms with Crippen LogP contribution in [0.15, 0.2) is 48.0 Å². The maximum absolute atomic E-state index is 13.2. The third-order valence-corrected chi connectivity index (χ3v) is 6.70. The maximum atomic E-state index is 13.2. The molecule has 0 unspecified atom stereocenters. The van der Waals surface area contributed by atoms with Crippen LogP contribution in [0, 0.1) is 6.92 Å². The van der Waals surface area contributed by atoms with Crippen LogP contribution in [-0.4, -0.2) is 44.4 Å². The van der Waals surface area contributed by atoms with E-state index in [-0.39, 0.29) is 18.0 Å². The summed E-state index contributed by atoms with van der Waals surface area (Å²) < 4.78 is 2.16. The molecule has 7 heteroatoms. The van der Waals surface area contributed by atoms with Crippen molar-refractivity contribution in [3.05, 3.63) is 75.0 Å². The Bertz CT molecular complexity index is 1030. The molecular formula is C21H21ClN4OS. The van der Waals surface area contributed by atoms with Gasteiger partial charge in [0, 0.05) is 36.2 Å². The number of thiazole rings is 1. The predicted molar refractivity (Wildman–Crippen MR) is 111 cm³/mol. The van der Waals surface area contributed by atoms with Gasteiger partial charge in [0.1, 0.15) is 5.69 Å². The minimum Gasteiger partial charge on any atom is -0.337 e. The zero-order valence-electron chi connectivity index (χ0n) is 15.6. The number of likely N-dealkylation sites (tertiary alicyclic amines) is 1. The quantitative estimate of drug-likeness (QED) is 0.650. The third-order valence-electron chi connectivity index (χ3n) is 5.65. The van der Waals surface area contributed by atoms with Crippen molar-refractivity contribution in [2.75, 3.05) is 13.1 Å². The largest absolute Gasteiger partial charge is 0.337 e. The highest BCUT2D eigenvalue weighted by atomic mass is 35.5. The van der Waals surface area contributed by atoms with E-state index in [0.29, 0.717) is 6.54 Å². The van der Waals surface area contributed by atoms with Crippen molar-refractivity contribution in [2.45, 2.75) is 32.1 Å². The topological polar surface area (TPSA) is 41.4 Å². The highest BCUT2D eigenvalue weighted by Crippen LogP contribution is 2.35. The van der Waals surface area contributed by atoms with E-state index in [9.17, 15) is 4.79 Å². The van der Waals surface area contributed by atoms with Gasteiger partial charge < -0.3 is 9.47 Å². The van der Waals surface area contributed by atoms with Crippen molar-refractivity contribution in [2.24, 2.45) is 0 Å². The number of carbonyl (C=O) groups is 1. The summed E-state index contributed by atoms with van der Waals surface area (Å²) in [4.78, 5) is 22.2. The molecule has 1 fully saturated rings. The van der Waals surface area contributed by atoms with Gasteiger partial charge in [-0.05, 0) is 36.8 Å². The fourth-order valence-electron chi connectivity index (χ4n) is 4.46. The summed E-state index contributed by atoms with van der Waals surface area (Å²) in [5.74, 6) is 0.0986. The molecule has 1 aromatic carbocycles. The van der Waals surface area contributed by atoms with E-state index < -0.39 is 0 Å². The summed E-state index contributed by atoms with van der Waals surface area (Å²) in [6, 6.07) is 12.3. The molecule has 2 aliphatic rings. The molecule has 2 atom stereocenters. The highest BCUT2D eigenvalue weighted by Gasteiger charge is 2.44. The molecule has 2 aliphatic heterocycles. The van der Waals surface area contributed by atoms with Crippen molar-refractivity contribution >= 4 is 28.8 Å². The molecule has 0 N–H and O–H groups in total. The molecular weight excluding hydrogens is 392 g/mol. The van der Waals surface area contributed by atoms with Crippen LogP contribution in [0.2, 0.25) is 5.02 Å². The van der Waals surface area contributed by atoms with Crippen molar-refractivity contribution < 1.29 is 4.79 Å². The van der Waals surface area contributed by atoms with E-state index in [0.717, 1.165) is 41.1 Å². The number of carbonyl (C=O) groups excluding carboxylic acids is 1. The summed E-state index contributed by atoms with van der Waals surface area (Å²) in [6.45, 7) is 5.17. The Hall–Kier alpha value is -2.15. The van der Waals surface area contributed by atoms with Gasteiger partial charge in [-0.15, -0.1) is 11.3 Å². The van der Waals surface area contributed by atoms with Gasteiger partial charge in [0.05, 0.1) is 29.3 Å². The average molecular weight is 413 g/mol. The minimum absolute atomic E-state index is 0.0986. The van der Waals surface area contributed by atoms with Crippen LogP contribution < -0.4 is 0 Å². The summed E-state index contributed by atoms with van der Waals surface area (Å²) in [6.07, 6.45) is 2.04. The van der Waals surface area contributed by atoms with Crippen LogP contribution in [0.5, 0.6) is 0 Å². The van der Waals surface area contributed by atoms with Crippen molar-refractivity contribution in [3.63, 3.8) is 0 Å². The van der Waals surface area contributed by atoms with E-state index in [1.54, 1.807) is 11.3 Å². The average Bonchev–Trinajstić information content (AvgIpc) is 3.38. The van der Waals surface area contributed by atoms with Crippen LogP contribution in [0.1, 0.15) is 32.8 Å². The second-order valence-corrected chi connectivity index (χ2v) is 9.05. The second-order valence-electron chi connectivity index (χ2n) is 7.55. The normalized spacial score (nSPS) is 21.8. The number of aromatic nitrogens is 2. The van der Waals surface area contributed by atoms with Crippen LogP contribution in [-0.2, 0) is 13.1 Å². The standard InChI is InChI=1S/C21H21ClN4OS/c1-14-23-17(13-28-14)10-26-20-12-24(9-15-4-2-5-16(22)8-15)11-19(20)25-7-3-6-18(25)21(26)27/h2-8,13,19-20H,9-12H2,1H3/t19-,20-/m0/s1. The van der Waals surface area contributed by atoms with Gasteiger partial charge >= 0.3 is 0 Å². The second kappa shape index (κ2) is 7.03. The first-order chi connectivity index (χ1) is 13.6. The lowest BCUT2D eigenvalue weighted by Gasteiger charge is -2.38. The number of benzene rings is 1. The smallest absolute Gasteiger partial charge is 0.271 e. The fourth-order valence-corrected chi connectivity index (χ4v) is 5.27. The molecule has 0 spiro atoms. The maximum Gasteiger partial charge on any atom is 0.271 e. The minimum atomic E-state index is 0.0986. The SMILES string of the molecule is Cc1nc(CN2C(=O)c3cccn3[C@H]3CN(Cc4cccc(Cl)c4)C[C@@H]32)cs1. The Morgan fingerprint density at radius 3 is 2.82 bits per heavy atom. The van der Waals surface area contributed by atoms with Gasteiger partial charge in [0.2, 0.25) is 0 Å². The van der Waals surface area contributed by atoms with Crippen molar-refractivity contribution in [1.29, 1.82) is 0 Å². The zero-order chi connectivity index (χ0) is 19.3. The Morgan fingerprint density at radius 2 is 2.04 bits per heavy atom. The lowest BCUT2D eigenvalue weighted by molar-refractivity contribution is 0.0553. The Morgan fingerprint density at radius 1 is 1.18 bits per heavy atom. The van der Waals surface area contributed by atoms with Crippen LogP contribution in [0.4, 0.5) is 0 Å². The molecule has 4 heterocycles. The van der Waals surface area contributed by atoms with Gasteiger partial charge in [0.25, 0.3) is 5.91 Å². The van der Waals surface area contributed by atoms with E-state index in [1.807, 2.05) is 48.4 Å². The first-order valence-corrected chi connectivity index (χ1v) is 10.7. The van der Waals surface area contributed by atoms with Crippen LogP contribution in [0.3, 0.4) is 0 Å². The molecule has 1 saturated heterocycles. The van der Waals surface area contributed by atoms with E-state index >= 15 is 0 Å². The fraction of sp³-hybridized carbons (Fsp3) is 0.333. The molecule has 0 radical (unpaired) electrons. The van der Waals surface area contributed by atoms with Crippen molar-refractivity contribution in [3.8, 4) is 0 Å². The molecule has 144 valence electrons. The highest BCUT2D eigenvalue weighted by molar-refractivity contribution is 7.09. The molecule has 0 aliphatic carbocycles. The summed E-state index contributed by atoms with van der Waals surface area (Å²) >= 11 is 7.79. The number of hydrogen-bond acceptors (Lipinski definition) is 4. The summed E-state index contributed by atoms with van der Waals surface area (Å²) in [7, 11) is 0. The van der Waals surface area contributed by atoms with Gasteiger partial charge in [-0.1, -0.05) is 23.7 Å². The molecule has 0 saturated carbocycles. The van der Waals surface area contributed by atoms with E-state index in [1.165, 1.54) is 5.56 Å². The zero-order valence-corrected chi connectivity index (χ0v) is 17.2. The Balaban J connectivity index is 1.43. The van der Waals surface area contributed by atoms with Gasteiger partial charge in [0.15, 0.2) is 0 Å². The molecule has 2 aromatic heterocycles. The first kappa shape index (κ1) is 17.9. The number of halogens is 1. The lowest BCUT2D eigenvalue weighted by Crippen LogP contribution is -2.49. The van der Waals surface area contributed by atoms with E-state index in [2.05, 4.69) is 25.9 Å². The lowest BCUT2D eigenvalue weighted by atomic mass is 10.1. The summed E-state index contributed by atoms with van der Waals surface area (Å²) in [5.41, 5.74) is 2.95. The first-order valence-electron chi connectivity index (χ1n) is 9.44. The van der Waals surface area contributed by atoms with Crippen LogP contribution in [0.25, 0.3) is 0 Å². The van der Waals surface area contributed by atoms with Gasteiger partial charge in [-0.3, -0.25) is 9.69 Å². The van der Waals surface area contributed by atoms with Gasteiger partial charge in [-0.25, -0.2) is 4.98 Å². The molecule has 3 aromatic rings. The molecule has 1 amide bonds. The number of aryl methyl sites for hydroxylation is 1. The predicted octanol–water partition coefficient (Wildman–Crippen LogP) is 3.99. The molecule has 0 bridgehead atoms. The number of hydrogen-bond donors (Lipinski definition) is 0. The van der Waals surface area contributed by atoms with Gasteiger partial charge in [-0.2, -0.15) is 0 Å². The van der Waals surface area contributed by atoms with Crippen molar-refractivity contribution in [1.82, 2.24) is 19.4 Å². The molecule has 28 heavy (non-hydrogen) atoms. The van der Waals surface area contributed by atoms with E-state index in [4.69, 9.17) is 11.6 Å². The monoisotopic (exact) mass is 412 g/mol. The molecule has 5 rings (SSSR count). The van der Waals surface area contributed by atoms with Crippen LogP contribution >= 0.6 is 22.9 Å². The number of rotatable bonds is 4. The number of amides is 1. The Kier molecular flexibility index (Phi) is 4.50. The summed E-state index contributed by atoms with van der Waals surface area (Å²) in [5, 5.41) is 3.86. The number of nitrogens with zero attached hydrogens (tertiary/aromatic N) is 4. The molecule has 5 nitrogen and oxygen atoms in total. The third kappa shape index (κ3) is 3.15.